The van der Waals surface area contributed by atoms with Crippen molar-refractivity contribution >= 4 is 11.4 Å². The summed E-state index contributed by atoms with van der Waals surface area (Å²) in [6.45, 7) is 0. The molecule has 3 nitrogen and oxygen atoms in total. The zero-order valence-corrected chi connectivity index (χ0v) is 16.5. The Morgan fingerprint density at radius 1 is 0.938 bits per heavy atom. The van der Waals surface area contributed by atoms with Crippen LogP contribution in [0.5, 0.6) is 0 Å². The number of benzene rings is 2. The average molecular weight is 451 g/mol. The Labute approximate surface area is 180 Å². The van der Waals surface area contributed by atoms with E-state index in [0.717, 1.165) is 31.2 Å². The van der Waals surface area contributed by atoms with Crippen molar-refractivity contribution in [2.75, 3.05) is 11.5 Å². The maximum absolute atomic E-state index is 12.8. The highest BCUT2D eigenvalue weighted by Crippen LogP contribution is 2.42. The lowest BCUT2D eigenvalue weighted by molar-refractivity contribution is -0.343. The number of anilines is 2. The Morgan fingerprint density at radius 3 is 2.16 bits per heavy atom. The minimum absolute atomic E-state index is 0.164. The molecule has 3 rings (SSSR count). The van der Waals surface area contributed by atoms with Crippen LogP contribution in [0.15, 0.2) is 30.3 Å². The van der Waals surface area contributed by atoms with Crippen LogP contribution < -0.4 is 11.5 Å². The summed E-state index contributed by atoms with van der Waals surface area (Å²) in [6.07, 6.45) is -9.02. The van der Waals surface area contributed by atoms with E-state index < -0.39 is 18.0 Å². The molecular weight excluding hydrogens is 434 g/mol. The molecule has 2 aromatic carbocycles. The highest BCUT2D eigenvalue weighted by atomic mass is 19.4. The maximum atomic E-state index is 12.8. The molecular formula is C23H17F6N2O. The quantitative estimate of drug-likeness (QED) is 0.353. The molecule has 0 heterocycles. The zero-order valence-electron chi connectivity index (χ0n) is 16.5. The molecule has 0 saturated heterocycles. The molecule has 0 amide bonds. The van der Waals surface area contributed by atoms with Crippen molar-refractivity contribution in [2.45, 2.75) is 37.2 Å². The third-order valence-electron chi connectivity index (χ3n) is 4.85. The Hall–Kier alpha value is -3.30. The summed E-state index contributed by atoms with van der Waals surface area (Å²) in [7, 11) is 0. The van der Waals surface area contributed by atoms with E-state index in [0.29, 0.717) is 17.0 Å². The standard InChI is InChI=1S/C23H17F6N2O/c24-22(25,26)21(32,23(27,28)29)11-10-16-7-9-20(31)18(13-16)17-12-15(6-8-19(17)30)3-1-2-14-4-5-14/h6-7,9,12-14,32H,2,4-5,30-31H2. The van der Waals surface area contributed by atoms with Gasteiger partial charge in [-0.05, 0) is 55.0 Å². The molecule has 1 aliphatic carbocycles. The lowest BCUT2D eigenvalue weighted by atomic mass is 9.97. The smallest absolute Gasteiger partial charge is 0.398 e. The summed E-state index contributed by atoms with van der Waals surface area (Å²) in [4.78, 5) is 0. The largest absolute Gasteiger partial charge is 0.438 e. The van der Waals surface area contributed by atoms with Gasteiger partial charge in [0.15, 0.2) is 0 Å². The van der Waals surface area contributed by atoms with Crippen molar-refractivity contribution in [2.24, 2.45) is 5.92 Å². The summed E-state index contributed by atoms with van der Waals surface area (Å²) in [5.41, 5.74) is 7.99. The summed E-state index contributed by atoms with van der Waals surface area (Å²) < 4.78 is 77.0. The van der Waals surface area contributed by atoms with Crippen molar-refractivity contribution in [1.29, 1.82) is 0 Å². The van der Waals surface area contributed by atoms with E-state index >= 15 is 0 Å². The lowest BCUT2D eigenvalue weighted by Crippen LogP contribution is -2.55. The Bertz CT molecular complexity index is 1130. The van der Waals surface area contributed by atoms with Gasteiger partial charge >= 0.3 is 18.0 Å². The highest BCUT2D eigenvalue weighted by molar-refractivity contribution is 5.85. The summed E-state index contributed by atoms with van der Waals surface area (Å²) in [5, 5.41) is 9.20. The first-order valence-corrected chi connectivity index (χ1v) is 9.41. The van der Waals surface area contributed by atoms with Gasteiger partial charge in [0.2, 0.25) is 0 Å². The SMILES string of the molecule is Nc1[c]cc(C#CCC2CC2)cc1-c1cc(C#CC(O)(C(F)(F)F)C(F)(F)F)ccc1N. The van der Waals surface area contributed by atoms with Crippen molar-refractivity contribution in [1.82, 2.24) is 0 Å². The summed E-state index contributed by atoms with van der Waals surface area (Å²) in [5.74, 6) is 9.30. The lowest BCUT2D eigenvalue weighted by Gasteiger charge is -2.27. The molecule has 2 aromatic rings. The number of nitrogens with two attached hydrogens (primary N) is 2. The molecule has 0 atom stereocenters. The molecule has 1 fully saturated rings. The van der Waals surface area contributed by atoms with Gasteiger partial charge in [-0.3, -0.25) is 0 Å². The van der Waals surface area contributed by atoms with Crippen LogP contribution in [0.1, 0.15) is 30.4 Å². The van der Waals surface area contributed by atoms with E-state index in [2.05, 4.69) is 17.9 Å². The Kier molecular flexibility index (Phi) is 6.08. The normalized spacial score (nSPS) is 14.2. The number of rotatable bonds is 2. The Morgan fingerprint density at radius 2 is 1.56 bits per heavy atom. The maximum Gasteiger partial charge on any atom is 0.438 e. The number of hydrogen-bond donors (Lipinski definition) is 3. The van der Waals surface area contributed by atoms with E-state index in [1.165, 1.54) is 12.1 Å². The van der Waals surface area contributed by atoms with E-state index in [4.69, 9.17) is 11.5 Å². The van der Waals surface area contributed by atoms with Crippen LogP contribution in [0, 0.1) is 35.7 Å². The minimum atomic E-state index is -6.04. The van der Waals surface area contributed by atoms with Gasteiger partial charge < -0.3 is 16.6 Å². The molecule has 32 heavy (non-hydrogen) atoms. The molecule has 1 saturated carbocycles. The van der Waals surface area contributed by atoms with E-state index in [1.54, 1.807) is 18.1 Å². The second-order valence-electron chi connectivity index (χ2n) is 7.42. The average Bonchev–Trinajstić information content (AvgIpc) is 3.51. The van der Waals surface area contributed by atoms with Gasteiger partial charge in [-0.1, -0.05) is 17.8 Å². The zero-order chi connectivity index (χ0) is 23.7. The molecule has 167 valence electrons. The summed E-state index contributed by atoms with van der Waals surface area (Å²) in [6, 6.07) is 9.59. The summed E-state index contributed by atoms with van der Waals surface area (Å²) >= 11 is 0. The minimum Gasteiger partial charge on any atom is -0.398 e. The fourth-order valence-corrected chi connectivity index (χ4v) is 2.75. The van der Waals surface area contributed by atoms with Crippen molar-refractivity contribution in [3.8, 4) is 34.8 Å². The molecule has 1 radical (unpaired) electrons. The molecule has 0 spiro atoms. The van der Waals surface area contributed by atoms with Crippen LogP contribution in [-0.2, 0) is 0 Å². The van der Waals surface area contributed by atoms with Gasteiger partial charge in [-0.15, -0.1) is 0 Å². The van der Waals surface area contributed by atoms with Crippen LogP contribution >= 0.6 is 0 Å². The van der Waals surface area contributed by atoms with Gasteiger partial charge in [0, 0.05) is 46.1 Å². The van der Waals surface area contributed by atoms with Gasteiger partial charge in [0.25, 0.3) is 0 Å². The number of alkyl halides is 6. The van der Waals surface area contributed by atoms with Crippen molar-refractivity contribution in [3.63, 3.8) is 0 Å². The highest BCUT2D eigenvalue weighted by Gasteiger charge is 2.70. The van der Waals surface area contributed by atoms with Gasteiger partial charge in [-0.2, -0.15) is 26.3 Å². The fourth-order valence-electron chi connectivity index (χ4n) is 2.75. The van der Waals surface area contributed by atoms with E-state index in [9.17, 15) is 31.4 Å². The van der Waals surface area contributed by atoms with Crippen LogP contribution in [0.2, 0.25) is 0 Å². The number of aliphatic hydroxyl groups is 1. The molecule has 0 bridgehead atoms. The molecule has 1 aliphatic rings. The first-order valence-electron chi connectivity index (χ1n) is 9.41. The number of hydrogen-bond acceptors (Lipinski definition) is 3. The molecule has 0 aromatic heterocycles. The number of nitrogen functional groups attached to an aromatic ring is 2. The number of halogens is 6. The van der Waals surface area contributed by atoms with Gasteiger partial charge in [-0.25, -0.2) is 0 Å². The predicted octanol–water partition coefficient (Wildman–Crippen LogP) is 4.68. The third kappa shape index (κ3) is 4.95. The molecule has 9 heteroatoms. The predicted molar refractivity (Wildman–Crippen MR) is 108 cm³/mol. The Balaban J connectivity index is 2.00. The van der Waals surface area contributed by atoms with E-state index in [1.807, 2.05) is 0 Å². The monoisotopic (exact) mass is 451 g/mol. The second-order valence-corrected chi connectivity index (χ2v) is 7.42. The molecule has 0 aliphatic heterocycles. The van der Waals surface area contributed by atoms with Crippen molar-refractivity contribution < 1.29 is 31.4 Å². The molecule has 5 N–H and O–H groups in total. The fraction of sp³-hybridized carbons (Fsp3) is 0.304. The van der Waals surface area contributed by atoms with Crippen LogP contribution in [0.3, 0.4) is 0 Å². The third-order valence-corrected chi connectivity index (χ3v) is 4.85. The van der Waals surface area contributed by atoms with Crippen LogP contribution in [0.25, 0.3) is 11.1 Å². The molecule has 0 unspecified atom stereocenters. The van der Waals surface area contributed by atoms with Gasteiger partial charge in [0.1, 0.15) is 0 Å². The van der Waals surface area contributed by atoms with Crippen molar-refractivity contribution in [3.05, 3.63) is 47.5 Å². The van der Waals surface area contributed by atoms with E-state index in [-0.39, 0.29) is 22.5 Å². The first kappa shape index (κ1) is 23.4. The van der Waals surface area contributed by atoms with Crippen LogP contribution in [0.4, 0.5) is 37.7 Å². The van der Waals surface area contributed by atoms with Gasteiger partial charge in [0.05, 0.1) is 0 Å². The van der Waals surface area contributed by atoms with Crippen LogP contribution in [-0.4, -0.2) is 23.1 Å². The first-order chi connectivity index (χ1) is 14.8. The second kappa shape index (κ2) is 8.33. The topological polar surface area (TPSA) is 72.3 Å².